The number of rotatable bonds is 4. The quantitative estimate of drug-likeness (QED) is 0.177. The molecule has 0 radical (unpaired) electrons. The summed E-state index contributed by atoms with van der Waals surface area (Å²) >= 11 is 0. The van der Waals surface area contributed by atoms with Gasteiger partial charge in [0.2, 0.25) is 0 Å². The van der Waals surface area contributed by atoms with E-state index in [1.807, 2.05) is 24.3 Å². The van der Waals surface area contributed by atoms with Crippen molar-refractivity contribution in [3.63, 3.8) is 0 Å². The maximum atomic E-state index is 14.4. The van der Waals surface area contributed by atoms with Gasteiger partial charge in [0.15, 0.2) is 0 Å². The summed E-state index contributed by atoms with van der Waals surface area (Å²) in [7, 11) is 0. The first-order valence-corrected chi connectivity index (χ1v) is 23.7. The number of hydrogen-bond donors (Lipinski definition) is 0. The Kier molecular flexibility index (Phi) is 8.83. The minimum absolute atomic E-state index is 0.308. The van der Waals surface area contributed by atoms with Gasteiger partial charge in [-0.1, -0.05) is 58.7 Å². The Bertz CT molecular complexity index is 3920. The van der Waals surface area contributed by atoms with E-state index in [9.17, 15) is 9.59 Å². The highest BCUT2D eigenvalue weighted by molar-refractivity contribution is 6.13. The number of aryl methyl sites for hydroxylation is 12. The predicted molar refractivity (Wildman–Crippen MR) is 286 cm³/mol. The average Bonchev–Trinajstić information content (AvgIpc) is 3.96. The van der Waals surface area contributed by atoms with Crippen molar-refractivity contribution in [2.45, 2.75) is 83.1 Å². The Morgan fingerprint density at radius 3 is 0.882 bits per heavy atom. The second-order valence-corrected chi connectivity index (χ2v) is 20.2. The highest BCUT2D eigenvalue weighted by atomic mass is 16.2. The van der Waals surface area contributed by atoms with Gasteiger partial charge in [0.05, 0.1) is 43.9 Å². The van der Waals surface area contributed by atoms with Gasteiger partial charge in [-0.2, -0.15) is 4.52 Å². The first-order valence-electron chi connectivity index (χ1n) is 23.7. The highest BCUT2D eigenvalue weighted by Gasteiger charge is 2.24. The molecule has 6 heteroatoms. The van der Waals surface area contributed by atoms with Crippen LogP contribution in [0.15, 0.2) is 119 Å². The second kappa shape index (κ2) is 14.4. The number of nitrogens with zero attached hydrogens (tertiary/aromatic N) is 4. The predicted octanol–water partition coefficient (Wildman–Crippen LogP) is 14.7. The molecule has 4 aromatic heterocycles. The number of benzene rings is 8. The molecule has 0 N–H and O–H groups in total. The molecule has 12 aromatic rings. The molecule has 0 saturated carbocycles. The molecule has 0 aliphatic heterocycles. The standard InChI is InChI=1S/C62H54N4O2/c1-31-17-39(9)57-47(21-31)48-22-32(2)18-40(10)58(48)63(57)45-25-35(5)55(36(6)26-45)43-13-15-53-51(29-43)61(67)66-62(68)52-30-44(14-16-54(52)65(53)66)56-37(7)27-46(28-38(56)8)64-59-41(11)19-33(3)23-49(59)50-24-34(4)20-42(12)60(50)64/h13-30H,1-12H3. The largest absolute Gasteiger partial charge is 0.309 e. The van der Waals surface area contributed by atoms with Gasteiger partial charge in [0.25, 0.3) is 11.1 Å². The molecule has 0 atom stereocenters. The van der Waals surface area contributed by atoms with E-state index in [4.69, 9.17) is 0 Å². The minimum atomic E-state index is -0.308. The molecule has 0 aliphatic rings. The third-order valence-corrected chi connectivity index (χ3v) is 14.9. The van der Waals surface area contributed by atoms with Gasteiger partial charge in [0.1, 0.15) is 0 Å². The van der Waals surface area contributed by atoms with E-state index in [0.29, 0.717) is 21.8 Å². The third kappa shape index (κ3) is 5.76. The Morgan fingerprint density at radius 1 is 0.294 bits per heavy atom. The number of fused-ring (bicyclic) bond motifs is 11. The van der Waals surface area contributed by atoms with Crippen LogP contribution in [0.25, 0.3) is 99.0 Å². The topological polar surface area (TPSA) is 52.8 Å². The Labute approximate surface area is 395 Å². The van der Waals surface area contributed by atoms with Crippen LogP contribution in [0.5, 0.6) is 0 Å². The fourth-order valence-electron chi connectivity index (χ4n) is 12.6. The summed E-state index contributed by atoms with van der Waals surface area (Å²) < 4.78 is 8.00. The van der Waals surface area contributed by atoms with E-state index in [2.05, 4.69) is 177 Å². The van der Waals surface area contributed by atoms with Crippen molar-refractivity contribution in [2.75, 3.05) is 0 Å². The van der Waals surface area contributed by atoms with E-state index in [1.165, 1.54) is 92.6 Å². The van der Waals surface area contributed by atoms with E-state index in [1.54, 1.807) is 4.52 Å². The van der Waals surface area contributed by atoms with Crippen LogP contribution in [0.1, 0.15) is 66.8 Å². The highest BCUT2D eigenvalue weighted by Crippen LogP contribution is 2.42. The maximum absolute atomic E-state index is 14.4. The van der Waals surface area contributed by atoms with Crippen molar-refractivity contribution in [2.24, 2.45) is 0 Å². The molecular weight excluding hydrogens is 833 g/mol. The van der Waals surface area contributed by atoms with Crippen LogP contribution in [0.3, 0.4) is 0 Å². The molecule has 8 aromatic carbocycles. The molecule has 12 rings (SSSR count). The molecule has 0 spiro atoms. The number of hydrogen-bond acceptors (Lipinski definition) is 2. The molecule has 0 amide bonds. The van der Waals surface area contributed by atoms with Crippen LogP contribution in [0.4, 0.5) is 0 Å². The smallest absolute Gasteiger partial charge is 0.282 e. The van der Waals surface area contributed by atoms with Gasteiger partial charge in [-0.05, 0) is 223 Å². The fourth-order valence-corrected chi connectivity index (χ4v) is 12.6. The summed E-state index contributed by atoms with van der Waals surface area (Å²) in [4.78, 5) is 28.8. The van der Waals surface area contributed by atoms with E-state index in [-0.39, 0.29) is 11.1 Å². The Hall–Kier alpha value is -7.70. The average molecular weight is 887 g/mol. The van der Waals surface area contributed by atoms with Crippen LogP contribution in [-0.4, -0.2) is 18.2 Å². The molecule has 68 heavy (non-hydrogen) atoms. The van der Waals surface area contributed by atoms with Crippen molar-refractivity contribution in [3.05, 3.63) is 197 Å². The van der Waals surface area contributed by atoms with Crippen molar-refractivity contribution < 1.29 is 0 Å². The van der Waals surface area contributed by atoms with Crippen molar-refractivity contribution in [1.82, 2.24) is 18.2 Å². The van der Waals surface area contributed by atoms with Crippen LogP contribution < -0.4 is 11.1 Å². The van der Waals surface area contributed by atoms with Gasteiger partial charge in [0, 0.05) is 32.9 Å². The first-order chi connectivity index (χ1) is 32.5. The van der Waals surface area contributed by atoms with Gasteiger partial charge in [-0.15, -0.1) is 0 Å². The minimum Gasteiger partial charge on any atom is -0.309 e. The molecular formula is C62H54N4O2. The lowest BCUT2D eigenvalue weighted by molar-refractivity contribution is 0.841. The van der Waals surface area contributed by atoms with Gasteiger partial charge < -0.3 is 9.13 Å². The lowest BCUT2D eigenvalue weighted by atomic mass is 9.94. The lowest BCUT2D eigenvalue weighted by Crippen LogP contribution is -2.21. The molecule has 0 aliphatic carbocycles. The molecule has 0 unspecified atom stereocenters. The van der Waals surface area contributed by atoms with Gasteiger partial charge in [-0.3, -0.25) is 9.59 Å². The van der Waals surface area contributed by atoms with E-state index < -0.39 is 0 Å². The van der Waals surface area contributed by atoms with Crippen molar-refractivity contribution >= 4 is 65.4 Å². The molecule has 4 heterocycles. The molecule has 0 bridgehead atoms. The molecule has 0 fully saturated rings. The zero-order valence-corrected chi connectivity index (χ0v) is 41.0. The fraction of sp³-hybridized carbons (Fsp3) is 0.194. The van der Waals surface area contributed by atoms with Crippen LogP contribution in [-0.2, 0) is 0 Å². The summed E-state index contributed by atoms with van der Waals surface area (Å²) in [5, 5.41) is 6.14. The van der Waals surface area contributed by atoms with Crippen molar-refractivity contribution in [1.29, 1.82) is 0 Å². The second-order valence-electron chi connectivity index (χ2n) is 20.2. The molecule has 334 valence electrons. The Morgan fingerprint density at radius 2 is 0.588 bits per heavy atom. The first kappa shape index (κ1) is 41.7. The summed E-state index contributed by atoms with van der Waals surface area (Å²) in [6.45, 7) is 26.2. The third-order valence-electron chi connectivity index (χ3n) is 14.9. The SMILES string of the molecule is Cc1cc(C)c2c(c1)c1cc(C)cc(C)c1n2-c1cc(C)c(-c2ccc3c(c2)c(=O)n2c(=O)c4cc(-c5c(C)cc(-n6c7c(C)cc(C)cc7c7cc(C)cc(C)c76)cc5C)ccc4n32)c(C)c1. The van der Waals surface area contributed by atoms with E-state index >= 15 is 0 Å². The van der Waals surface area contributed by atoms with Gasteiger partial charge in [-0.25, -0.2) is 4.52 Å². The maximum Gasteiger partial charge on any atom is 0.282 e. The zero-order chi connectivity index (χ0) is 47.5. The Balaban J connectivity index is 0.956. The van der Waals surface area contributed by atoms with Crippen LogP contribution in [0, 0.1) is 83.1 Å². The monoisotopic (exact) mass is 886 g/mol. The zero-order valence-electron chi connectivity index (χ0n) is 41.0. The van der Waals surface area contributed by atoms with E-state index in [0.717, 1.165) is 55.9 Å². The lowest BCUT2D eigenvalue weighted by Gasteiger charge is -2.17. The molecule has 0 saturated heterocycles. The van der Waals surface area contributed by atoms with Crippen LogP contribution >= 0.6 is 0 Å². The number of aromatic nitrogens is 4. The summed E-state index contributed by atoms with van der Waals surface area (Å²) in [5.74, 6) is 0. The summed E-state index contributed by atoms with van der Waals surface area (Å²) in [5.41, 5.74) is 26.6. The summed E-state index contributed by atoms with van der Waals surface area (Å²) in [6, 6.07) is 39.6. The molecule has 6 nitrogen and oxygen atoms in total. The normalized spacial score (nSPS) is 12.2. The van der Waals surface area contributed by atoms with Crippen LogP contribution in [0.2, 0.25) is 0 Å². The summed E-state index contributed by atoms with van der Waals surface area (Å²) in [6.07, 6.45) is 0. The van der Waals surface area contributed by atoms with Crippen molar-refractivity contribution in [3.8, 4) is 33.6 Å². The van der Waals surface area contributed by atoms with Gasteiger partial charge >= 0.3 is 0 Å².